The largest absolute Gasteiger partial charge is 0.331 e. The van der Waals surface area contributed by atoms with Crippen molar-refractivity contribution < 1.29 is 4.79 Å². The maximum atomic E-state index is 12.2. The summed E-state index contributed by atoms with van der Waals surface area (Å²) >= 11 is 0. The predicted molar refractivity (Wildman–Crippen MR) is 84.3 cm³/mol. The molecule has 3 rings (SSSR count). The fourth-order valence-electron chi connectivity index (χ4n) is 3.33. The minimum atomic E-state index is 0.000205. The lowest BCUT2D eigenvalue weighted by molar-refractivity contribution is 0.215. The molecule has 2 heterocycles. The first-order chi connectivity index (χ1) is 10.1. The Hall–Kier alpha value is -1.55. The summed E-state index contributed by atoms with van der Waals surface area (Å²) in [5.74, 6) is 0.548. The third kappa shape index (κ3) is 3.05. The average molecular weight is 287 g/mol. The SMILES string of the molecule is CC(C)c1ccc(CN2CC3(CCNCC3)NC2=O)cc1. The lowest BCUT2D eigenvalue weighted by Gasteiger charge is -2.33. The smallest absolute Gasteiger partial charge is 0.318 e. The summed E-state index contributed by atoms with van der Waals surface area (Å²) in [6, 6.07) is 8.74. The van der Waals surface area contributed by atoms with Crippen molar-refractivity contribution in [2.75, 3.05) is 19.6 Å². The van der Waals surface area contributed by atoms with Gasteiger partial charge >= 0.3 is 6.03 Å². The molecule has 1 aromatic rings. The molecular weight excluding hydrogens is 262 g/mol. The molecule has 0 unspecified atom stereocenters. The van der Waals surface area contributed by atoms with Crippen LogP contribution >= 0.6 is 0 Å². The van der Waals surface area contributed by atoms with Crippen LogP contribution in [0, 0.1) is 0 Å². The van der Waals surface area contributed by atoms with Crippen LogP contribution in [0.5, 0.6) is 0 Å². The van der Waals surface area contributed by atoms with Gasteiger partial charge in [-0.05, 0) is 43.0 Å². The first kappa shape index (κ1) is 14.4. The fourth-order valence-corrected chi connectivity index (χ4v) is 3.33. The minimum absolute atomic E-state index is 0.000205. The van der Waals surface area contributed by atoms with Gasteiger partial charge in [0.05, 0.1) is 5.54 Å². The molecule has 4 nitrogen and oxygen atoms in total. The molecule has 0 bridgehead atoms. The topological polar surface area (TPSA) is 44.4 Å². The number of urea groups is 1. The second-order valence-electron chi connectivity index (χ2n) is 6.71. The van der Waals surface area contributed by atoms with E-state index in [0.717, 1.165) is 32.5 Å². The summed E-state index contributed by atoms with van der Waals surface area (Å²) in [6.07, 6.45) is 2.06. The van der Waals surface area contributed by atoms with E-state index in [-0.39, 0.29) is 11.6 Å². The molecular formula is C17H25N3O. The third-order valence-electron chi connectivity index (χ3n) is 4.73. The fraction of sp³-hybridized carbons (Fsp3) is 0.588. The molecule has 0 aliphatic carbocycles. The zero-order valence-corrected chi connectivity index (χ0v) is 13.0. The monoisotopic (exact) mass is 287 g/mol. The van der Waals surface area contributed by atoms with Gasteiger partial charge in [-0.25, -0.2) is 4.79 Å². The Morgan fingerprint density at radius 2 is 1.86 bits per heavy atom. The maximum absolute atomic E-state index is 12.2. The van der Waals surface area contributed by atoms with Gasteiger partial charge in [0.2, 0.25) is 0 Å². The van der Waals surface area contributed by atoms with Crippen molar-refractivity contribution in [1.82, 2.24) is 15.5 Å². The van der Waals surface area contributed by atoms with E-state index in [1.165, 1.54) is 11.1 Å². The average Bonchev–Trinajstić information content (AvgIpc) is 2.76. The van der Waals surface area contributed by atoms with E-state index < -0.39 is 0 Å². The van der Waals surface area contributed by atoms with Crippen molar-refractivity contribution in [2.45, 2.75) is 44.7 Å². The van der Waals surface area contributed by atoms with Crippen molar-refractivity contribution in [2.24, 2.45) is 0 Å². The Labute approximate surface area is 126 Å². The highest BCUT2D eigenvalue weighted by molar-refractivity contribution is 5.78. The maximum Gasteiger partial charge on any atom is 0.318 e. The minimum Gasteiger partial charge on any atom is -0.331 e. The van der Waals surface area contributed by atoms with Gasteiger partial charge in [0.15, 0.2) is 0 Å². The first-order valence-electron chi connectivity index (χ1n) is 7.95. The number of piperidine rings is 1. The van der Waals surface area contributed by atoms with Crippen LogP contribution in [-0.2, 0) is 6.54 Å². The molecule has 0 aromatic heterocycles. The lowest BCUT2D eigenvalue weighted by atomic mass is 9.89. The Balaban J connectivity index is 1.66. The third-order valence-corrected chi connectivity index (χ3v) is 4.73. The van der Waals surface area contributed by atoms with Crippen LogP contribution in [0.25, 0.3) is 0 Å². The second-order valence-corrected chi connectivity index (χ2v) is 6.71. The number of carbonyl (C=O) groups is 1. The van der Waals surface area contributed by atoms with Gasteiger partial charge in [0, 0.05) is 13.1 Å². The van der Waals surface area contributed by atoms with Gasteiger partial charge in [-0.1, -0.05) is 38.1 Å². The highest BCUT2D eigenvalue weighted by atomic mass is 16.2. The molecule has 2 saturated heterocycles. The van der Waals surface area contributed by atoms with Crippen LogP contribution in [-0.4, -0.2) is 36.1 Å². The Morgan fingerprint density at radius 1 is 1.19 bits per heavy atom. The second kappa shape index (κ2) is 5.68. The number of carbonyl (C=O) groups excluding carboxylic acids is 1. The van der Waals surface area contributed by atoms with Crippen molar-refractivity contribution in [3.05, 3.63) is 35.4 Å². The summed E-state index contributed by atoms with van der Waals surface area (Å²) in [4.78, 5) is 14.2. The van der Waals surface area contributed by atoms with E-state index >= 15 is 0 Å². The predicted octanol–water partition coefficient (Wildman–Crippen LogP) is 2.46. The van der Waals surface area contributed by atoms with E-state index in [2.05, 4.69) is 48.7 Å². The lowest BCUT2D eigenvalue weighted by Crippen LogP contribution is -2.51. The normalized spacial score (nSPS) is 21.1. The van der Waals surface area contributed by atoms with Gasteiger partial charge in [-0.15, -0.1) is 0 Å². The zero-order chi connectivity index (χ0) is 14.9. The van der Waals surface area contributed by atoms with Crippen molar-refractivity contribution in [3.63, 3.8) is 0 Å². The van der Waals surface area contributed by atoms with Crippen LogP contribution in [0.15, 0.2) is 24.3 Å². The van der Waals surface area contributed by atoms with Crippen molar-refractivity contribution >= 4 is 6.03 Å². The zero-order valence-electron chi connectivity index (χ0n) is 13.0. The number of nitrogens with one attached hydrogen (secondary N) is 2. The molecule has 2 fully saturated rings. The summed E-state index contributed by atoms with van der Waals surface area (Å²) < 4.78 is 0. The van der Waals surface area contributed by atoms with Crippen molar-refractivity contribution in [3.8, 4) is 0 Å². The number of benzene rings is 1. The molecule has 21 heavy (non-hydrogen) atoms. The van der Waals surface area contributed by atoms with Crippen LogP contribution in [0.1, 0.15) is 43.7 Å². The number of hydrogen-bond donors (Lipinski definition) is 2. The van der Waals surface area contributed by atoms with E-state index in [0.29, 0.717) is 12.5 Å². The highest BCUT2D eigenvalue weighted by Crippen LogP contribution is 2.26. The standard InChI is InChI=1S/C17H25N3O/c1-13(2)15-5-3-14(4-6-15)11-20-12-17(19-16(20)21)7-9-18-10-8-17/h3-6,13,18H,7-12H2,1-2H3,(H,19,21). The van der Waals surface area contributed by atoms with Crippen LogP contribution in [0.2, 0.25) is 0 Å². The van der Waals surface area contributed by atoms with Gasteiger partial charge in [-0.2, -0.15) is 0 Å². The molecule has 0 atom stereocenters. The molecule has 2 aliphatic rings. The molecule has 0 radical (unpaired) electrons. The Morgan fingerprint density at radius 3 is 2.48 bits per heavy atom. The van der Waals surface area contributed by atoms with E-state index in [9.17, 15) is 4.79 Å². The molecule has 1 aromatic carbocycles. The summed E-state index contributed by atoms with van der Waals surface area (Å²) in [6.45, 7) is 7.93. The van der Waals surface area contributed by atoms with E-state index in [1.54, 1.807) is 0 Å². The Kier molecular flexibility index (Phi) is 3.89. The first-order valence-corrected chi connectivity index (χ1v) is 7.95. The molecule has 114 valence electrons. The number of amides is 2. The molecule has 1 spiro atoms. The van der Waals surface area contributed by atoms with E-state index in [1.807, 2.05) is 4.90 Å². The molecule has 2 aliphatic heterocycles. The van der Waals surface area contributed by atoms with Crippen molar-refractivity contribution in [1.29, 1.82) is 0 Å². The van der Waals surface area contributed by atoms with E-state index in [4.69, 9.17) is 0 Å². The summed E-state index contributed by atoms with van der Waals surface area (Å²) in [5, 5.41) is 6.58. The summed E-state index contributed by atoms with van der Waals surface area (Å²) in [7, 11) is 0. The van der Waals surface area contributed by atoms with Crippen LogP contribution < -0.4 is 10.6 Å². The van der Waals surface area contributed by atoms with Crippen LogP contribution in [0.4, 0.5) is 4.79 Å². The van der Waals surface area contributed by atoms with Gasteiger partial charge in [-0.3, -0.25) is 0 Å². The quantitative estimate of drug-likeness (QED) is 0.897. The number of rotatable bonds is 3. The molecule has 2 amide bonds. The highest BCUT2D eigenvalue weighted by Gasteiger charge is 2.42. The molecule has 4 heteroatoms. The Bertz CT molecular complexity index is 503. The molecule has 2 N–H and O–H groups in total. The van der Waals surface area contributed by atoms with Gasteiger partial charge in [0.1, 0.15) is 0 Å². The van der Waals surface area contributed by atoms with Crippen LogP contribution in [0.3, 0.4) is 0 Å². The molecule has 0 saturated carbocycles. The number of nitrogens with zero attached hydrogens (tertiary/aromatic N) is 1. The van der Waals surface area contributed by atoms with Gasteiger partial charge in [0.25, 0.3) is 0 Å². The number of hydrogen-bond acceptors (Lipinski definition) is 2. The van der Waals surface area contributed by atoms with Gasteiger partial charge < -0.3 is 15.5 Å². The summed E-state index contributed by atoms with van der Waals surface area (Å²) in [5.41, 5.74) is 2.56.